The van der Waals surface area contributed by atoms with Crippen LogP contribution < -0.4 is 20.1 Å². The van der Waals surface area contributed by atoms with E-state index in [4.69, 9.17) is 21.1 Å². The van der Waals surface area contributed by atoms with Crippen LogP contribution in [0.4, 0.5) is 5.69 Å². The molecule has 2 aromatic rings. The molecule has 7 nitrogen and oxygen atoms in total. The van der Waals surface area contributed by atoms with Crippen LogP contribution >= 0.6 is 27.5 Å². The van der Waals surface area contributed by atoms with Crippen LogP contribution in [0.1, 0.15) is 62.5 Å². The van der Waals surface area contributed by atoms with Gasteiger partial charge < -0.3 is 20.1 Å². The minimum atomic E-state index is -0.462. The minimum absolute atomic E-state index is 0.0703. The molecule has 2 N–H and O–H groups in total. The molecule has 39 heavy (non-hydrogen) atoms. The van der Waals surface area contributed by atoms with Crippen LogP contribution in [0.5, 0.6) is 11.5 Å². The Morgan fingerprint density at radius 2 is 1.69 bits per heavy atom. The van der Waals surface area contributed by atoms with Gasteiger partial charge >= 0.3 is 0 Å². The zero-order chi connectivity index (χ0) is 27.7. The van der Waals surface area contributed by atoms with Gasteiger partial charge in [0.05, 0.1) is 11.1 Å². The maximum Gasteiger partial charge on any atom is 0.262 e. The number of Topliss-reactive ketones (excluding diaryl/α,β-unsaturated/α-hetero) is 2. The van der Waals surface area contributed by atoms with Gasteiger partial charge in [-0.15, -0.1) is 0 Å². The summed E-state index contributed by atoms with van der Waals surface area (Å²) in [5, 5.41) is 6.79. The van der Waals surface area contributed by atoms with Crippen LogP contribution in [0, 0.1) is 6.92 Å². The van der Waals surface area contributed by atoms with Crippen molar-refractivity contribution in [1.82, 2.24) is 5.32 Å². The Bertz CT molecular complexity index is 1390. The summed E-state index contributed by atoms with van der Waals surface area (Å²) in [5.74, 6) is 0.136. The summed E-state index contributed by atoms with van der Waals surface area (Å²) < 4.78 is 12.4. The number of aryl methyl sites for hydroxylation is 1. The molecule has 0 radical (unpaired) electrons. The molecular weight excluding hydrogens is 584 g/mol. The fourth-order valence-electron chi connectivity index (χ4n) is 5.48. The fourth-order valence-corrected chi connectivity index (χ4v) is 6.23. The van der Waals surface area contributed by atoms with Crippen LogP contribution in [0.15, 0.2) is 57.3 Å². The summed E-state index contributed by atoms with van der Waals surface area (Å²) in [6, 6.07) is 8.99. The van der Waals surface area contributed by atoms with E-state index < -0.39 is 5.92 Å². The van der Waals surface area contributed by atoms with E-state index in [1.54, 1.807) is 12.1 Å². The van der Waals surface area contributed by atoms with Crippen molar-refractivity contribution < 1.29 is 23.9 Å². The number of hydrogen-bond donors (Lipinski definition) is 2. The summed E-state index contributed by atoms with van der Waals surface area (Å²) in [6.07, 6.45) is 4.09. The molecule has 0 atom stereocenters. The van der Waals surface area contributed by atoms with Gasteiger partial charge in [-0.2, -0.15) is 0 Å². The van der Waals surface area contributed by atoms with Gasteiger partial charge in [0.15, 0.2) is 29.7 Å². The maximum atomic E-state index is 13.2. The van der Waals surface area contributed by atoms with Crippen molar-refractivity contribution in [2.75, 3.05) is 18.5 Å². The van der Waals surface area contributed by atoms with Crippen molar-refractivity contribution in [2.24, 2.45) is 0 Å². The molecule has 3 aliphatic rings. The predicted octanol–water partition coefficient (Wildman–Crippen LogP) is 6.53. The standard InChI is InChI=1S/C30H30BrClN2O5/c1-3-38-25-13-17(12-19(31)30(25)39-15-26(37)33-18-11-10-16(2)20(32)14-18)27-28-21(6-4-8-23(28)35)34-22-7-5-9-24(36)29(22)27/h10-14,27,34H,3-9,15H2,1-2H3,(H,33,37). The third kappa shape index (κ3) is 5.63. The van der Waals surface area contributed by atoms with Gasteiger partial charge in [0, 0.05) is 52.0 Å². The highest BCUT2D eigenvalue weighted by Crippen LogP contribution is 2.48. The summed E-state index contributed by atoms with van der Waals surface area (Å²) in [5.41, 5.74) is 5.47. The van der Waals surface area contributed by atoms with E-state index in [-0.39, 0.29) is 24.1 Å². The van der Waals surface area contributed by atoms with Gasteiger partial charge in [-0.3, -0.25) is 14.4 Å². The second-order valence-corrected chi connectivity index (χ2v) is 11.2. The Morgan fingerprint density at radius 3 is 2.31 bits per heavy atom. The van der Waals surface area contributed by atoms with Crippen molar-refractivity contribution in [3.63, 3.8) is 0 Å². The molecule has 0 saturated carbocycles. The highest BCUT2D eigenvalue weighted by atomic mass is 79.9. The zero-order valence-electron chi connectivity index (χ0n) is 21.9. The molecule has 2 aromatic carbocycles. The number of halogens is 2. The van der Waals surface area contributed by atoms with E-state index in [1.807, 2.05) is 32.0 Å². The van der Waals surface area contributed by atoms with Gasteiger partial charge in [0.25, 0.3) is 5.91 Å². The number of amides is 1. The van der Waals surface area contributed by atoms with E-state index in [0.29, 0.717) is 57.3 Å². The smallest absolute Gasteiger partial charge is 0.262 e. The highest BCUT2D eigenvalue weighted by Gasteiger charge is 2.40. The molecule has 204 valence electrons. The van der Waals surface area contributed by atoms with Crippen LogP contribution in [0.3, 0.4) is 0 Å². The molecular formula is C30H30BrClN2O5. The number of hydrogen-bond acceptors (Lipinski definition) is 6. The number of benzene rings is 2. The van der Waals surface area contributed by atoms with E-state index in [9.17, 15) is 14.4 Å². The number of anilines is 1. The number of dihydropyridines is 1. The van der Waals surface area contributed by atoms with Crippen molar-refractivity contribution in [3.05, 3.63) is 73.5 Å². The summed E-state index contributed by atoms with van der Waals surface area (Å²) in [6.45, 7) is 3.87. The second kappa shape index (κ2) is 11.6. The third-order valence-corrected chi connectivity index (χ3v) is 8.26. The first-order valence-electron chi connectivity index (χ1n) is 13.2. The van der Waals surface area contributed by atoms with Gasteiger partial charge in [0.2, 0.25) is 0 Å². The first-order valence-corrected chi connectivity index (χ1v) is 14.4. The van der Waals surface area contributed by atoms with E-state index in [2.05, 4.69) is 26.6 Å². The first kappa shape index (κ1) is 27.5. The van der Waals surface area contributed by atoms with Gasteiger partial charge in [-0.1, -0.05) is 17.7 Å². The Balaban J connectivity index is 1.46. The first-order chi connectivity index (χ1) is 18.8. The number of carbonyl (C=O) groups is 3. The number of carbonyl (C=O) groups excluding carboxylic acids is 3. The summed E-state index contributed by atoms with van der Waals surface area (Å²) >= 11 is 9.77. The molecule has 1 aliphatic heterocycles. The largest absolute Gasteiger partial charge is 0.490 e. The predicted molar refractivity (Wildman–Crippen MR) is 153 cm³/mol. The zero-order valence-corrected chi connectivity index (χ0v) is 24.3. The van der Waals surface area contributed by atoms with Crippen LogP contribution in [-0.2, 0) is 14.4 Å². The summed E-state index contributed by atoms with van der Waals surface area (Å²) in [4.78, 5) is 39.0. The monoisotopic (exact) mass is 612 g/mol. The minimum Gasteiger partial charge on any atom is -0.490 e. The molecule has 0 bridgehead atoms. The summed E-state index contributed by atoms with van der Waals surface area (Å²) in [7, 11) is 0. The maximum absolute atomic E-state index is 13.2. The molecule has 0 saturated heterocycles. The lowest BCUT2D eigenvalue weighted by molar-refractivity contribution is -0.118. The van der Waals surface area contributed by atoms with Crippen LogP contribution in [0.25, 0.3) is 0 Å². The van der Waals surface area contributed by atoms with Crippen LogP contribution in [-0.4, -0.2) is 30.7 Å². The molecule has 0 fully saturated rings. The van der Waals surface area contributed by atoms with Crippen LogP contribution in [0.2, 0.25) is 5.02 Å². The van der Waals surface area contributed by atoms with E-state index in [1.165, 1.54) is 0 Å². The van der Waals surface area contributed by atoms with Crippen molar-refractivity contribution in [2.45, 2.75) is 58.3 Å². The second-order valence-electron chi connectivity index (χ2n) is 9.96. The highest BCUT2D eigenvalue weighted by molar-refractivity contribution is 9.10. The molecule has 5 rings (SSSR count). The number of rotatable bonds is 7. The van der Waals surface area contributed by atoms with Crippen molar-refractivity contribution in [3.8, 4) is 11.5 Å². The van der Waals surface area contributed by atoms with E-state index >= 15 is 0 Å². The fraction of sp³-hybridized carbons (Fsp3) is 0.367. The Hall–Kier alpha value is -3.10. The average molecular weight is 614 g/mol. The number of ether oxygens (including phenoxy) is 2. The van der Waals surface area contributed by atoms with E-state index in [0.717, 1.165) is 48.2 Å². The molecule has 0 spiro atoms. The Morgan fingerprint density at radius 1 is 1.03 bits per heavy atom. The molecule has 2 aliphatic carbocycles. The molecule has 0 aromatic heterocycles. The SMILES string of the molecule is CCOc1cc(C2C3=C(CCCC3=O)NC3=C2C(=O)CCC3)cc(Br)c1OCC(=O)Nc1ccc(C)c(Cl)c1. The van der Waals surface area contributed by atoms with Crippen molar-refractivity contribution >= 4 is 50.7 Å². The number of nitrogens with one attached hydrogen (secondary N) is 2. The molecule has 9 heteroatoms. The van der Waals surface area contributed by atoms with Gasteiger partial charge in [0.1, 0.15) is 0 Å². The topological polar surface area (TPSA) is 93.7 Å². The lowest BCUT2D eigenvalue weighted by atomic mass is 9.71. The normalized spacial score (nSPS) is 17.4. The molecule has 1 heterocycles. The lowest BCUT2D eigenvalue weighted by Gasteiger charge is -2.37. The average Bonchev–Trinajstić information content (AvgIpc) is 2.89. The number of ketones is 2. The Labute approximate surface area is 241 Å². The Kier molecular flexibility index (Phi) is 8.14. The number of allylic oxidation sites excluding steroid dienone is 4. The lowest BCUT2D eigenvalue weighted by Crippen LogP contribution is -2.36. The quantitative estimate of drug-likeness (QED) is 0.369. The molecule has 0 unspecified atom stereocenters. The van der Waals surface area contributed by atoms with Gasteiger partial charge in [-0.05, 0) is 90.9 Å². The third-order valence-electron chi connectivity index (χ3n) is 7.26. The molecule has 1 amide bonds. The van der Waals surface area contributed by atoms with Gasteiger partial charge in [-0.25, -0.2) is 0 Å². The van der Waals surface area contributed by atoms with Crippen molar-refractivity contribution in [1.29, 1.82) is 0 Å².